The number of hydrogen-bond donors (Lipinski definition) is 0. The number of nitrogens with zero attached hydrogens (tertiary/aromatic N) is 1. The van der Waals surface area contributed by atoms with E-state index in [9.17, 15) is 0 Å². The van der Waals surface area contributed by atoms with Crippen molar-refractivity contribution in [3.8, 4) is 5.69 Å². The van der Waals surface area contributed by atoms with Crippen LogP contribution < -0.4 is 0 Å². The minimum Gasteiger partial charge on any atom is -0.362 e. The van der Waals surface area contributed by atoms with E-state index in [1.807, 2.05) is 6.07 Å². The molecule has 0 saturated heterocycles. The first-order chi connectivity index (χ1) is 9.93. The van der Waals surface area contributed by atoms with Crippen molar-refractivity contribution in [1.29, 1.82) is 0 Å². The average Bonchev–Trinajstić information content (AvgIpc) is 2.93. The van der Waals surface area contributed by atoms with E-state index >= 15 is 0 Å². The van der Waals surface area contributed by atoms with Crippen molar-refractivity contribution in [1.82, 2.24) is 4.57 Å². The fourth-order valence-corrected chi connectivity index (χ4v) is 2.85. The summed E-state index contributed by atoms with van der Waals surface area (Å²) in [4.78, 5) is 0. The van der Waals surface area contributed by atoms with Gasteiger partial charge in [0.05, 0.1) is 18.0 Å². The average molecular weight is 261 g/mol. The van der Waals surface area contributed by atoms with E-state index in [-0.39, 0.29) is 6.10 Å². The van der Waals surface area contributed by atoms with Crippen molar-refractivity contribution in [2.24, 2.45) is 0 Å². The van der Waals surface area contributed by atoms with E-state index in [0.29, 0.717) is 6.61 Å². The highest BCUT2D eigenvalue weighted by Gasteiger charge is 2.23. The van der Waals surface area contributed by atoms with Crippen LogP contribution in [0.1, 0.15) is 22.9 Å². The first-order valence-electron chi connectivity index (χ1n) is 6.85. The van der Waals surface area contributed by atoms with Crippen molar-refractivity contribution in [2.45, 2.75) is 12.7 Å². The maximum Gasteiger partial charge on any atom is 0.123 e. The van der Waals surface area contributed by atoms with Crippen molar-refractivity contribution in [2.75, 3.05) is 0 Å². The molecule has 1 aliphatic rings. The number of para-hydroxylation sites is 1. The van der Waals surface area contributed by atoms with Gasteiger partial charge in [0.1, 0.15) is 6.10 Å². The SMILES string of the molecule is c1ccc(C2OCc3ccccc3-n3cccc32)cc1. The molecule has 0 N–H and O–H groups in total. The minimum atomic E-state index is -0.0152. The summed E-state index contributed by atoms with van der Waals surface area (Å²) >= 11 is 0. The highest BCUT2D eigenvalue weighted by Crippen LogP contribution is 2.33. The second-order valence-corrected chi connectivity index (χ2v) is 5.03. The third-order valence-electron chi connectivity index (χ3n) is 3.81. The molecule has 2 nitrogen and oxygen atoms in total. The molecule has 4 rings (SSSR count). The summed E-state index contributed by atoms with van der Waals surface area (Å²) in [6.07, 6.45) is 2.09. The van der Waals surface area contributed by atoms with Crippen LogP contribution in [-0.2, 0) is 11.3 Å². The van der Waals surface area contributed by atoms with Gasteiger partial charge in [0.25, 0.3) is 0 Å². The van der Waals surface area contributed by atoms with Gasteiger partial charge in [0.15, 0.2) is 0 Å². The third kappa shape index (κ3) is 1.77. The minimum absolute atomic E-state index is 0.0152. The molecule has 0 fully saturated rings. The summed E-state index contributed by atoms with van der Waals surface area (Å²) in [6.45, 7) is 0.636. The molecule has 2 aromatic carbocycles. The fraction of sp³-hybridized carbons (Fsp3) is 0.111. The van der Waals surface area contributed by atoms with Gasteiger partial charge in [-0.2, -0.15) is 0 Å². The Morgan fingerprint density at radius 3 is 2.55 bits per heavy atom. The number of hydrogen-bond acceptors (Lipinski definition) is 1. The van der Waals surface area contributed by atoms with Gasteiger partial charge >= 0.3 is 0 Å². The van der Waals surface area contributed by atoms with Gasteiger partial charge in [-0.1, -0.05) is 48.5 Å². The molecule has 0 radical (unpaired) electrons. The summed E-state index contributed by atoms with van der Waals surface area (Å²) in [5.74, 6) is 0. The molecule has 98 valence electrons. The number of benzene rings is 2. The Balaban J connectivity index is 1.88. The van der Waals surface area contributed by atoms with Crippen LogP contribution in [0, 0.1) is 0 Å². The van der Waals surface area contributed by atoms with Crippen LogP contribution in [0.4, 0.5) is 0 Å². The maximum absolute atomic E-state index is 6.18. The second-order valence-electron chi connectivity index (χ2n) is 5.03. The van der Waals surface area contributed by atoms with Gasteiger partial charge in [-0.15, -0.1) is 0 Å². The third-order valence-corrected chi connectivity index (χ3v) is 3.81. The normalized spacial score (nSPS) is 17.1. The van der Waals surface area contributed by atoms with Gasteiger partial charge < -0.3 is 9.30 Å². The van der Waals surface area contributed by atoms with E-state index in [4.69, 9.17) is 4.74 Å². The molecule has 0 saturated carbocycles. The molecule has 1 aliphatic heterocycles. The first-order valence-corrected chi connectivity index (χ1v) is 6.85. The molecule has 0 spiro atoms. The van der Waals surface area contributed by atoms with E-state index in [1.54, 1.807) is 0 Å². The smallest absolute Gasteiger partial charge is 0.123 e. The predicted octanol–water partition coefficient (Wildman–Crippen LogP) is 4.10. The van der Waals surface area contributed by atoms with Crippen LogP contribution in [0.5, 0.6) is 0 Å². The lowest BCUT2D eigenvalue weighted by atomic mass is 10.1. The highest BCUT2D eigenvalue weighted by molar-refractivity contribution is 5.45. The second kappa shape index (κ2) is 4.66. The lowest BCUT2D eigenvalue weighted by molar-refractivity contribution is 0.0671. The maximum atomic E-state index is 6.18. The van der Waals surface area contributed by atoms with Gasteiger partial charge in [-0.05, 0) is 23.8 Å². The van der Waals surface area contributed by atoms with E-state index in [2.05, 4.69) is 71.4 Å². The Labute approximate surface area is 118 Å². The summed E-state index contributed by atoms with van der Waals surface area (Å²) < 4.78 is 8.42. The number of aromatic nitrogens is 1. The number of rotatable bonds is 1. The lowest BCUT2D eigenvalue weighted by Gasteiger charge is -2.16. The van der Waals surface area contributed by atoms with Crippen LogP contribution in [0.3, 0.4) is 0 Å². The van der Waals surface area contributed by atoms with Crippen LogP contribution >= 0.6 is 0 Å². The fourth-order valence-electron chi connectivity index (χ4n) is 2.85. The molecule has 3 aromatic rings. The van der Waals surface area contributed by atoms with Crippen molar-refractivity contribution < 1.29 is 4.74 Å². The largest absolute Gasteiger partial charge is 0.362 e. The zero-order chi connectivity index (χ0) is 13.4. The molecule has 1 aromatic heterocycles. The van der Waals surface area contributed by atoms with Crippen LogP contribution in [0.2, 0.25) is 0 Å². The Morgan fingerprint density at radius 2 is 1.65 bits per heavy atom. The molecule has 1 atom stereocenters. The zero-order valence-electron chi connectivity index (χ0n) is 11.1. The van der Waals surface area contributed by atoms with Gasteiger partial charge in [-0.25, -0.2) is 0 Å². The molecule has 1 unspecified atom stereocenters. The Morgan fingerprint density at radius 1 is 0.850 bits per heavy atom. The van der Waals surface area contributed by atoms with E-state index < -0.39 is 0 Å². The van der Waals surface area contributed by atoms with Crippen molar-refractivity contribution >= 4 is 0 Å². The van der Waals surface area contributed by atoms with E-state index in [0.717, 1.165) is 0 Å². The van der Waals surface area contributed by atoms with Crippen molar-refractivity contribution in [3.05, 3.63) is 89.7 Å². The Bertz CT molecular complexity index is 730. The van der Waals surface area contributed by atoms with Gasteiger partial charge in [0, 0.05) is 11.8 Å². The predicted molar refractivity (Wildman–Crippen MR) is 78.8 cm³/mol. The first kappa shape index (κ1) is 11.5. The van der Waals surface area contributed by atoms with Crippen LogP contribution in [0.15, 0.2) is 72.9 Å². The van der Waals surface area contributed by atoms with Crippen LogP contribution in [-0.4, -0.2) is 4.57 Å². The molecule has 20 heavy (non-hydrogen) atoms. The summed E-state index contributed by atoms with van der Waals surface area (Å²) in [5, 5.41) is 0. The summed E-state index contributed by atoms with van der Waals surface area (Å²) in [6, 6.07) is 23.0. The summed E-state index contributed by atoms with van der Waals surface area (Å²) in [5.41, 5.74) is 4.82. The Kier molecular flexibility index (Phi) is 2.68. The summed E-state index contributed by atoms with van der Waals surface area (Å²) in [7, 11) is 0. The molecule has 2 heterocycles. The van der Waals surface area contributed by atoms with Gasteiger partial charge in [-0.3, -0.25) is 0 Å². The quantitative estimate of drug-likeness (QED) is 0.643. The van der Waals surface area contributed by atoms with E-state index in [1.165, 1.54) is 22.5 Å². The van der Waals surface area contributed by atoms with Gasteiger partial charge in [0.2, 0.25) is 0 Å². The zero-order valence-corrected chi connectivity index (χ0v) is 11.1. The monoisotopic (exact) mass is 261 g/mol. The number of fused-ring (bicyclic) bond motifs is 3. The van der Waals surface area contributed by atoms with Crippen LogP contribution in [0.25, 0.3) is 5.69 Å². The molecule has 0 bridgehead atoms. The molecule has 0 amide bonds. The number of ether oxygens (including phenoxy) is 1. The Hall–Kier alpha value is -2.32. The molecule has 2 heteroatoms. The molecule has 0 aliphatic carbocycles. The highest BCUT2D eigenvalue weighted by atomic mass is 16.5. The lowest BCUT2D eigenvalue weighted by Crippen LogP contribution is -2.07. The van der Waals surface area contributed by atoms with Crippen molar-refractivity contribution in [3.63, 3.8) is 0 Å². The molecular formula is C18H15NO. The topological polar surface area (TPSA) is 14.2 Å². The molecular weight excluding hydrogens is 246 g/mol. The standard InChI is InChI=1S/C18H15NO/c1-2-7-14(8-3-1)18-17-11-6-12-19(17)16-10-5-4-9-15(16)13-20-18/h1-12,18H,13H2.